The summed E-state index contributed by atoms with van der Waals surface area (Å²) in [5, 5.41) is 6.19. The normalized spacial score (nSPS) is 21.3. The molecule has 2 N–H and O–H groups in total. The van der Waals surface area contributed by atoms with Gasteiger partial charge in [0.2, 0.25) is 11.8 Å². The van der Waals surface area contributed by atoms with E-state index >= 15 is 0 Å². The molecular formula is C18H23N3O3. The molecule has 6 nitrogen and oxygen atoms in total. The summed E-state index contributed by atoms with van der Waals surface area (Å²) in [7, 11) is 0. The monoisotopic (exact) mass is 329 g/mol. The second-order valence-electron chi connectivity index (χ2n) is 6.07. The zero-order chi connectivity index (χ0) is 16.8. The molecule has 1 aromatic rings. The molecule has 6 heteroatoms. The zero-order valence-corrected chi connectivity index (χ0v) is 13.7. The van der Waals surface area contributed by atoms with Crippen LogP contribution in [0.25, 0.3) is 0 Å². The number of hydrogen-bond acceptors (Lipinski definition) is 4. The van der Waals surface area contributed by atoms with E-state index in [0.717, 1.165) is 25.1 Å². The number of benzene rings is 1. The first-order chi connectivity index (χ1) is 11.7. The standard InChI is InChI=1S/C18H23N3O3/c22-17-13-24-12-16(21(17)11-15-4-2-1-3-5-15)18(23)20-10-14-6-8-19-9-7-14/h1-6,16,19H,7-13H2,(H,20,23)/t16-/m1/s1. The van der Waals surface area contributed by atoms with Gasteiger partial charge in [-0.15, -0.1) is 0 Å². The Balaban J connectivity index is 1.63. The van der Waals surface area contributed by atoms with Crippen LogP contribution in [0.1, 0.15) is 12.0 Å². The predicted molar refractivity (Wildman–Crippen MR) is 90.2 cm³/mol. The lowest BCUT2D eigenvalue weighted by Gasteiger charge is -2.34. The Morgan fingerprint density at radius 3 is 2.92 bits per heavy atom. The van der Waals surface area contributed by atoms with Gasteiger partial charge in [0.15, 0.2) is 0 Å². The molecule has 2 aliphatic rings. The van der Waals surface area contributed by atoms with Gasteiger partial charge in [-0.1, -0.05) is 42.0 Å². The SMILES string of the molecule is O=C(NCC1=CCNCC1)[C@H]1COCC(=O)N1Cc1ccccc1. The highest BCUT2D eigenvalue weighted by Crippen LogP contribution is 2.14. The highest BCUT2D eigenvalue weighted by molar-refractivity contribution is 5.89. The molecule has 1 saturated heterocycles. The van der Waals surface area contributed by atoms with E-state index in [1.165, 1.54) is 5.57 Å². The fraction of sp³-hybridized carbons (Fsp3) is 0.444. The summed E-state index contributed by atoms with van der Waals surface area (Å²) in [5.74, 6) is -0.301. The fourth-order valence-corrected chi connectivity index (χ4v) is 2.95. The molecule has 0 saturated carbocycles. The van der Waals surface area contributed by atoms with Crippen LogP contribution in [0.2, 0.25) is 0 Å². The van der Waals surface area contributed by atoms with E-state index in [-0.39, 0.29) is 25.0 Å². The third-order valence-corrected chi connectivity index (χ3v) is 4.34. The largest absolute Gasteiger partial charge is 0.369 e. The third kappa shape index (κ3) is 4.21. The van der Waals surface area contributed by atoms with Crippen LogP contribution in [-0.2, 0) is 20.9 Å². The molecule has 2 aliphatic heterocycles. The van der Waals surface area contributed by atoms with Crippen LogP contribution in [-0.4, -0.2) is 55.6 Å². The Bertz CT molecular complexity index is 615. The number of carbonyl (C=O) groups is 2. The molecule has 1 atom stereocenters. The molecule has 0 unspecified atom stereocenters. The van der Waals surface area contributed by atoms with Crippen LogP contribution in [0.4, 0.5) is 0 Å². The number of morpholine rings is 1. The Morgan fingerprint density at radius 2 is 2.17 bits per heavy atom. The Labute approximate surface area is 141 Å². The molecule has 0 aliphatic carbocycles. The van der Waals surface area contributed by atoms with Gasteiger partial charge >= 0.3 is 0 Å². The number of hydrogen-bond donors (Lipinski definition) is 2. The van der Waals surface area contributed by atoms with Crippen molar-refractivity contribution in [2.24, 2.45) is 0 Å². The first-order valence-electron chi connectivity index (χ1n) is 8.31. The van der Waals surface area contributed by atoms with E-state index in [0.29, 0.717) is 13.1 Å². The van der Waals surface area contributed by atoms with Gasteiger partial charge in [0.25, 0.3) is 0 Å². The lowest BCUT2D eigenvalue weighted by molar-refractivity contribution is -0.155. The average Bonchev–Trinajstić information content (AvgIpc) is 2.63. The summed E-state index contributed by atoms with van der Waals surface area (Å²) in [6.07, 6.45) is 3.04. The van der Waals surface area contributed by atoms with E-state index in [1.54, 1.807) is 4.90 Å². The first-order valence-corrected chi connectivity index (χ1v) is 8.31. The van der Waals surface area contributed by atoms with Crippen LogP contribution in [0, 0.1) is 0 Å². The highest BCUT2D eigenvalue weighted by atomic mass is 16.5. The third-order valence-electron chi connectivity index (χ3n) is 4.34. The fourth-order valence-electron chi connectivity index (χ4n) is 2.95. The molecule has 1 aromatic carbocycles. The van der Waals surface area contributed by atoms with E-state index in [2.05, 4.69) is 16.7 Å². The lowest BCUT2D eigenvalue weighted by Crippen LogP contribution is -2.56. The molecule has 0 spiro atoms. The average molecular weight is 329 g/mol. The van der Waals surface area contributed by atoms with Gasteiger partial charge < -0.3 is 20.3 Å². The molecule has 0 radical (unpaired) electrons. The summed E-state index contributed by atoms with van der Waals surface area (Å²) in [6.45, 7) is 3.01. The van der Waals surface area contributed by atoms with Gasteiger partial charge in [0.1, 0.15) is 12.6 Å². The number of rotatable bonds is 5. The van der Waals surface area contributed by atoms with Gasteiger partial charge in [-0.2, -0.15) is 0 Å². The molecule has 2 amide bonds. The Hall–Kier alpha value is -2.18. The van der Waals surface area contributed by atoms with Crippen molar-refractivity contribution in [3.63, 3.8) is 0 Å². The summed E-state index contributed by atoms with van der Waals surface area (Å²) in [4.78, 5) is 26.4. The maximum Gasteiger partial charge on any atom is 0.249 e. The van der Waals surface area contributed by atoms with Gasteiger partial charge in [-0.3, -0.25) is 9.59 Å². The smallest absolute Gasteiger partial charge is 0.249 e. The lowest BCUT2D eigenvalue weighted by atomic mass is 10.1. The van der Waals surface area contributed by atoms with Gasteiger partial charge in [-0.25, -0.2) is 0 Å². The van der Waals surface area contributed by atoms with Crippen molar-refractivity contribution in [2.45, 2.75) is 19.0 Å². The molecule has 2 heterocycles. The molecule has 0 bridgehead atoms. The van der Waals surface area contributed by atoms with E-state index < -0.39 is 6.04 Å². The molecule has 3 rings (SSSR count). The quantitative estimate of drug-likeness (QED) is 0.770. The van der Waals surface area contributed by atoms with E-state index in [1.807, 2.05) is 30.3 Å². The summed E-state index contributed by atoms with van der Waals surface area (Å²) >= 11 is 0. The van der Waals surface area contributed by atoms with Crippen molar-refractivity contribution in [3.8, 4) is 0 Å². The minimum atomic E-state index is -0.575. The number of nitrogens with zero attached hydrogens (tertiary/aromatic N) is 1. The summed E-state index contributed by atoms with van der Waals surface area (Å²) in [6, 6.07) is 9.13. The Kier molecular flexibility index (Phi) is 5.61. The first kappa shape index (κ1) is 16.7. The van der Waals surface area contributed by atoms with E-state index in [4.69, 9.17) is 4.74 Å². The maximum absolute atomic E-state index is 12.6. The van der Waals surface area contributed by atoms with Crippen LogP contribution in [0.15, 0.2) is 42.0 Å². The van der Waals surface area contributed by atoms with Gasteiger partial charge in [0.05, 0.1) is 6.61 Å². The van der Waals surface area contributed by atoms with Crippen molar-refractivity contribution in [1.29, 1.82) is 0 Å². The van der Waals surface area contributed by atoms with Crippen molar-refractivity contribution in [1.82, 2.24) is 15.5 Å². The molecule has 24 heavy (non-hydrogen) atoms. The van der Waals surface area contributed by atoms with Crippen LogP contribution < -0.4 is 10.6 Å². The second kappa shape index (κ2) is 8.08. The van der Waals surface area contributed by atoms with Crippen LogP contribution in [0.3, 0.4) is 0 Å². The summed E-state index contributed by atoms with van der Waals surface area (Å²) in [5.41, 5.74) is 2.23. The topological polar surface area (TPSA) is 70.7 Å². The molecule has 128 valence electrons. The maximum atomic E-state index is 12.6. The minimum absolute atomic E-state index is 0.0352. The van der Waals surface area contributed by atoms with Gasteiger partial charge in [-0.05, 0) is 18.5 Å². The van der Waals surface area contributed by atoms with Crippen molar-refractivity contribution < 1.29 is 14.3 Å². The Morgan fingerprint density at radius 1 is 1.33 bits per heavy atom. The summed E-state index contributed by atoms with van der Waals surface area (Å²) < 4.78 is 5.30. The number of carbonyl (C=O) groups excluding carboxylic acids is 2. The second-order valence-corrected chi connectivity index (χ2v) is 6.07. The predicted octanol–water partition coefficient (Wildman–Crippen LogP) is 0.450. The zero-order valence-electron chi connectivity index (χ0n) is 13.7. The molecule has 0 aromatic heterocycles. The number of amides is 2. The number of nitrogens with one attached hydrogen (secondary N) is 2. The highest BCUT2D eigenvalue weighted by Gasteiger charge is 2.33. The van der Waals surface area contributed by atoms with Crippen molar-refractivity contribution in [3.05, 3.63) is 47.5 Å². The van der Waals surface area contributed by atoms with Crippen LogP contribution >= 0.6 is 0 Å². The van der Waals surface area contributed by atoms with Crippen molar-refractivity contribution >= 4 is 11.8 Å². The number of ether oxygens (including phenoxy) is 1. The minimum Gasteiger partial charge on any atom is -0.369 e. The van der Waals surface area contributed by atoms with Crippen LogP contribution in [0.5, 0.6) is 0 Å². The van der Waals surface area contributed by atoms with Gasteiger partial charge in [0, 0.05) is 19.6 Å². The molecule has 1 fully saturated rings. The van der Waals surface area contributed by atoms with E-state index in [9.17, 15) is 9.59 Å². The molecular weight excluding hydrogens is 306 g/mol. The van der Waals surface area contributed by atoms with Crippen molar-refractivity contribution in [2.75, 3.05) is 32.8 Å².